The van der Waals surface area contributed by atoms with E-state index in [2.05, 4.69) is 46.2 Å². The first-order valence-electron chi connectivity index (χ1n) is 12.1. The Labute approximate surface area is 173 Å². The minimum absolute atomic E-state index is 0.235. The highest BCUT2D eigenvalue weighted by Gasteiger charge is 2.61. The molecule has 0 aromatic heterocycles. The van der Waals surface area contributed by atoms with Gasteiger partial charge in [0.1, 0.15) is 0 Å². The van der Waals surface area contributed by atoms with E-state index in [4.69, 9.17) is 0 Å². The molecular weight excluding hydrogens is 352 g/mol. The van der Waals surface area contributed by atoms with Crippen LogP contribution in [0.1, 0.15) is 65.5 Å². The lowest BCUT2D eigenvalue weighted by Crippen LogP contribution is -2.72. The topological polar surface area (TPSA) is 6.48 Å². The molecule has 0 radical (unpaired) electrons. The van der Waals surface area contributed by atoms with Gasteiger partial charge in [-0.25, -0.2) is 0 Å². The molecule has 4 atom stereocenters. The summed E-state index contributed by atoms with van der Waals surface area (Å²) in [6.45, 7) is 0. The van der Waals surface area contributed by atoms with Crippen molar-refractivity contribution in [1.82, 2.24) is 9.80 Å². The van der Waals surface area contributed by atoms with Crippen LogP contribution >= 0.6 is 0 Å². The zero-order chi connectivity index (χ0) is 18.7. The third-order valence-corrected chi connectivity index (χ3v) is 9.70. The molecule has 0 N–H and O–H groups in total. The standard InChI is InChI=1S/C27H30N2/c1-3-17-11-18-4-2-6-20-13-22-8-10-24-14-23-9-7-21-12-19(5-1)25(17)15-27(28(21)23,29(22)24)16-26(18)20/h1-6,21-24H,7-16H2. The molecule has 1 spiro atoms. The molecule has 0 amide bonds. The fraction of sp³-hybridized carbons (Fsp3) is 0.556. The molecule has 5 aliphatic heterocycles. The molecule has 1 aliphatic carbocycles. The summed E-state index contributed by atoms with van der Waals surface area (Å²) in [5.41, 5.74) is 10.3. The molecule has 2 aromatic rings. The zero-order valence-corrected chi connectivity index (χ0v) is 17.2. The second kappa shape index (κ2) is 5.34. The molecule has 3 saturated heterocycles. The third kappa shape index (κ3) is 1.92. The van der Waals surface area contributed by atoms with Gasteiger partial charge in [-0.3, -0.25) is 9.80 Å². The van der Waals surface area contributed by atoms with E-state index in [0.717, 1.165) is 30.6 Å². The molecule has 2 heteroatoms. The molecule has 29 heavy (non-hydrogen) atoms. The lowest BCUT2D eigenvalue weighted by Gasteiger charge is -2.59. The van der Waals surface area contributed by atoms with E-state index in [9.17, 15) is 0 Å². The Morgan fingerprint density at radius 1 is 0.621 bits per heavy atom. The Morgan fingerprint density at radius 2 is 1.10 bits per heavy atom. The molecule has 148 valence electrons. The van der Waals surface area contributed by atoms with Crippen LogP contribution in [0.5, 0.6) is 0 Å². The van der Waals surface area contributed by atoms with Crippen LogP contribution < -0.4 is 0 Å². The van der Waals surface area contributed by atoms with Crippen LogP contribution in [-0.4, -0.2) is 39.6 Å². The first-order valence-corrected chi connectivity index (χ1v) is 12.1. The quantitative estimate of drug-likeness (QED) is 0.672. The van der Waals surface area contributed by atoms with Gasteiger partial charge in [0.25, 0.3) is 0 Å². The Morgan fingerprint density at radius 3 is 1.66 bits per heavy atom. The Balaban J connectivity index is 1.49. The van der Waals surface area contributed by atoms with Crippen molar-refractivity contribution < 1.29 is 0 Å². The third-order valence-electron chi connectivity index (χ3n) is 9.70. The van der Waals surface area contributed by atoms with Crippen LogP contribution in [0.15, 0.2) is 36.4 Å². The van der Waals surface area contributed by atoms with Crippen molar-refractivity contribution in [3.8, 4) is 0 Å². The van der Waals surface area contributed by atoms with Crippen molar-refractivity contribution in [1.29, 1.82) is 0 Å². The number of rotatable bonds is 0. The highest BCUT2D eigenvalue weighted by molar-refractivity contribution is 5.49. The number of benzene rings is 2. The highest BCUT2D eigenvalue weighted by Crippen LogP contribution is 2.55. The van der Waals surface area contributed by atoms with Crippen molar-refractivity contribution in [2.75, 3.05) is 0 Å². The van der Waals surface area contributed by atoms with Crippen LogP contribution in [0.25, 0.3) is 0 Å². The average molecular weight is 383 g/mol. The summed E-state index contributed by atoms with van der Waals surface area (Å²) < 4.78 is 0. The maximum atomic E-state index is 3.11. The van der Waals surface area contributed by atoms with Gasteiger partial charge in [0.05, 0.1) is 5.66 Å². The van der Waals surface area contributed by atoms with Crippen molar-refractivity contribution >= 4 is 0 Å². The summed E-state index contributed by atoms with van der Waals surface area (Å²) >= 11 is 0. The summed E-state index contributed by atoms with van der Waals surface area (Å²) in [5.74, 6) is 0. The summed E-state index contributed by atoms with van der Waals surface area (Å²) in [4.78, 5) is 6.23. The van der Waals surface area contributed by atoms with E-state index < -0.39 is 0 Å². The van der Waals surface area contributed by atoms with Crippen molar-refractivity contribution in [3.05, 3.63) is 69.8 Å². The lowest BCUT2D eigenvalue weighted by molar-refractivity contribution is -0.144. The monoisotopic (exact) mass is 382 g/mol. The van der Waals surface area contributed by atoms with Gasteiger partial charge in [-0.1, -0.05) is 36.4 Å². The Kier molecular flexibility index (Phi) is 2.96. The molecule has 2 aromatic carbocycles. The van der Waals surface area contributed by atoms with Crippen molar-refractivity contribution in [3.63, 3.8) is 0 Å². The largest absolute Gasteiger partial charge is 0.278 e. The second-order valence-electron chi connectivity index (χ2n) is 10.9. The molecule has 0 saturated carbocycles. The molecule has 6 aliphatic rings. The minimum Gasteiger partial charge on any atom is -0.278 e. The van der Waals surface area contributed by atoms with Gasteiger partial charge in [0.15, 0.2) is 0 Å². The maximum absolute atomic E-state index is 3.11. The van der Waals surface area contributed by atoms with Crippen molar-refractivity contribution in [2.24, 2.45) is 0 Å². The molecular formula is C27H30N2. The van der Waals surface area contributed by atoms with Crippen LogP contribution in [0.3, 0.4) is 0 Å². The van der Waals surface area contributed by atoms with E-state index in [-0.39, 0.29) is 5.66 Å². The van der Waals surface area contributed by atoms with E-state index in [1.165, 1.54) is 57.8 Å². The predicted molar refractivity (Wildman–Crippen MR) is 115 cm³/mol. The van der Waals surface area contributed by atoms with E-state index in [1.807, 2.05) is 0 Å². The summed E-state index contributed by atoms with van der Waals surface area (Å²) in [7, 11) is 0. The predicted octanol–water partition coefficient (Wildman–Crippen LogP) is 4.25. The van der Waals surface area contributed by atoms with E-state index in [0.29, 0.717) is 0 Å². The van der Waals surface area contributed by atoms with Crippen molar-refractivity contribution in [2.45, 2.75) is 94.0 Å². The Hall–Kier alpha value is -1.64. The summed E-state index contributed by atoms with van der Waals surface area (Å²) in [6.07, 6.45) is 13.4. The molecule has 2 nitrogen and oxygen atoms in total. The van der Waals surface area contributed by atoms with Gasteiger partial charge >= 0.3 is 0 Å². The van der Waals surface area contributed by atoms with E-state index >= 15 is 0 Å². The fourth-order valence-electron chi connectivity index (χ4n) is 8.84. The SMILES string of the molecule is c1cc2c3c(c1)CC1CCC4CC5CCC6Cc7cccc(c7CC(C3)(N14)N65)C2. The van der Waals surface area contributed by atoms with Gasteiger partial charge in [-0.2, -0.15) is 0 Å². The zero-order valence-electron chi connectivity index (χ0n) is 17.2. The van der Waals surface area contributed by atoms with Gasteiger partial charge in [0.2, 0.25) is 0 Å². The smallest absolute Gasteiger partial charge is 0.0830 e. The molecule has 4 unspecified atom stereocenters. The number of hydrogen-bond acceptors (Lipinski definition) is 2. The maximum Gasteiger partial charge on any atom is 0.0830 e. The van der Waals surface area contributed by atoms with Crippen LogP contribution in [-0.2, 0) is 32.1 Å². The lowest BCUT2D eigenvalue weighted by atomic mass is 9.78. The van der Waals surface area contributed by atoms with Crippen LogP contribution in [0.2, 0.25) is 0 Å². The minimum atomic E-state index is 0.235. The molecule has 5 heterocycles. The molecule has 3 bridgehead atoms. The molecule has 3 fully saturated rings. The van der Waals surface area contributed by atoms with E-state index in [1.54, 1.807) is 33.4 Å². The van der Waals surface area contributed by atoms with Gasteiger partial charge < -0.3 is 0 Å². The number of hydrogen-bond donors (Lipinski definition) is 0. The first-order chi connectivity index (χ1) is 14.3. The second-order valence-corrected chi connectivity index (χ2v) is 10.9. The first kappa shape index (κ1) is 16.1. The Bertz CT molecular complexity index is 957. The average Bonchev–Trinajstić information content (AvgIpc) is 3.21. The number of nitrogens with zero attached hydrogens (tertiary/aromatic N) is 2. The van der Waals surface area contributed by atoms with Gasteiger partial charge in [-0.05, 0) is 84.7 Å². The highest BCUT2D eigenvalue weighted by atomic mass is 15.5. The van der Waals surface area contributed by atoms with Gasteiger partial charge in [-0.15, -0.1) is 0 Å². The molecule has 8 rings (SSSR count). The normalized spacial score (nSPS) is 38.9. The fourth-order valence-corrected chi connectivity index (χ4v) is 8.84. The van der Waals surface area contributed by atoms with Crippen LogP contribution in [0, 0.1) is 0 Å². The van der Waals surface area contributed by atoms with Crippen LogP contribution in [0.4, 0.5) is 0 Å². The summed E-state index contributed by atoms with van der Waals surface area (Å²) in [5, 5.41) is 0. The summed E-state index contributed by atoms with van der Waals surface area (Å²) in [6, 6.07) is 17.7. The van der Waals surface area contributed by atoms with Gasteiger partial charge in [0, 0.05) is 37.0 Å².